The predicted molar refractivity (Wildman–Crippen MR) is 42.4 cm³/mol. The molecule has 0 atom stereocenters. The van der Waals surface area contributed by atoms with Crippen LogP contribution in [0.1, 0.15) is 6.42 Å². The zero-order valence-electron chi connectivity index (χ0n) is 5.13. The highest BCUT2D eigenvalue weighted by atomic mass is 32.2. The van der Waals surface area contributed by atoms with Crippen LogP contribution in [0.2, 0.25) is 0 Å². The zero-order chi connectivity index (χ0) is 6.10. The van der Waals surface area contributed by atoms with Crippen molar-refractivity contribution in [2.24, 2.45) is 0 Å². The van der Waals surface area contributed by atoms with Crippen molar-refractivity contribution in [2.45, 2.75) is 6.42 Å². The van der Waals surface area contributed by atoms with Gasteiger partial charge in [0.15, 0.2) is 0 Å². The fraction of sp³-hybridized carbons (Fsp3) is 0.250. The summed E-state index contributed by atoms with van der Waals surface area (Å²) in [7, 11) is 0. The van der Waals surface area contributed by atoms with Gasteiger partial charge >= 0.3 is 0 Å². The molecule has 1 aliphatic heterocycles. The van der Waals surface area contributed by atoms with Gasteiger partial charge in [-0.05, 0) is 18.1 Å². The quantitative estimate of drug-likeness (QED) is 0.493. The van der Waals surface area contributed by atoms with Crippen molar-refractivity contribution in [2.75, 3.05) is 5.75 Å². The maximum Gasteiger partial charge on any atom is 0.0167 e. The lowest BCUT2D eigenvalue weighted by Gasteiger charge is -2.03. The Balaban J connectivity index is 2.37. The molecule has 0 saturated carbocycles. The second-order valence-electron chi connectivity index (χ2n) is 2.20. The standard InChI is InChI=1S/C8H8S/c1-2-4-8-7(3-1)5-6-9-8/h1-2,4-5H,3,6H2. The van der Waals surface area contributed by atoms with E-state index in [1.807, 2.05) is 11.8 Å². The van der Waals surface area contributed by atoms with Crippen molar-refractivity contribution >= 4 is 11.8 Å². The molecule has 0 amide bonds. The molecule has 2 rings (SSSR count). The number of thioether (sulfide) groups is 1. The van der Waals surface area contributed by atoms with Crippen LogP contribution in [-0.2, 0) is 0 Å². The minimum absolute atomic E-state index is 1.15. The van der Waals surface area contributed by atoms with E-state index < -0.39 is 0 Å². The Kier molecular flexibility index (Phi) is 1.23. The molecule has 1 aliphatic carbocycles. The highest BCUT2D eigenvalue weighted by molar-refractivity contribution is 8.03. The zero-order valence-corrected chi connectivity index (χ0v) is 5.95. The van der Waals surface area contributed by atoms with Gasteiger partial charge in [0.25, 0.3) is 0 Å². The lowest BCUT2D eigenvalue weighted by molar-refractivity contribution is 1.25. The molecule has 0 N–H and O–H groups in total. The Hall–Kier alpha value is -0.430. The molecule has 2 aliphatic rings. The molecule has 0 radical (unpaired) electrons. The van der Waals surface area contributed by atoms with Gasteiger partial charge in [0.05, 0.1) is 0 Å². The van der Waals surface area contributed by atoms with Crippen molar-refractivity contribution < 1.29 is 0 Å². The molecule has 46 valence electrons. The Morgan fingerprint density at radius 1 is 1.44 bits per heavy atom. The Morgan fingerprint density at radius 3 is 3.33 bits per heavy atom. The maximum atomic E-state index is 2.32. The van der Waals surface area contributed by atoms with Gasteiger partial charge in [-0.3, -0.25) is 0 Å². The summed E-state index contributed by atoms with van der Waals surface area (Å²) in [4.78, 5) is 1.48. The van der Waals surface area contributed by atoms with Crippen LogP contribution in [-0.4, -0.2) is 5.75 Å². The summed E-state index contributed by atoms with van der Waals surface area (Å²) in [5, 5.41) is 0. The number of hydrogen-bond acceptors (Lipinski definition) is 1. The summed E-state index contributed by atoms with van der Waals surface area (Å²) in [6.07, 6.45) is 10.0. The Morgan fingerprint density at radius 2 is 2.44 bits per heavy atom. The summed E-state index contributed by atoms with van der Waals surface area (Å²) in [6.45, 7) is 0. The Labute approximate surface area is 59.3 Å². The van der Waals surface area contributed by atoms with Crippen LogP contribution in [0, 0.1) is 0 Å². The van der Waals surface area contributed by atoms with Gasteiger partial charge in [0, 0.05) is 10.7 Å². The smallest absolute Gasteiger partial charge is 0.0167 e. The molecule has 1 heteroatoms. The summed E-state index contributed by atoms with van der Waals surface area (Å²) >= 11 is 1.94. The number of fused-ring (bicyclic) bond motifs is 1. The summed E-state index contributed by atoms with van der Waals surface area (Å²) in [6, 6.07) is 0. The largest absolute Gasteiger partial charge is 0.122 e. The average molecular weight is 136 g/mol. The molecule has 0 aromatic carbocycles. The first-order chi connectivity index (χ1) is 4.47. The topological polar surface area (TPSA) is 0 Å². The third-order valence-electron chi connectivity index (χ3n) is 1.61. The summed E-state index contributed by atoms with van der Waals surface area (Å²) < 4.78 is 0. The van der Waals surface area contributed by atoms with E-state index in [0.29, 0.717) is 0 Å². The third-order valence-corrected chi connectivity index (χ3v) is 2.65. The normalized spacial score (nSPS) is 23.1. The maximum absolute atomic E-state index is 2.32. The second-order valence-corrected chi connectivity index (χ2v) is 3.27. The molecule has 0 saturated heterocycles. The van der Waals surface area contributed by atoms with Crippen LogP contribution in [0.5, 0.6) is 0 Å². The number of allylic oxidation sites excluding steroid dienone is 4. The lowest BCUT2D eigenvalue weighted by Crippen LogP contribution is -1.81. The Bertz CT molecular complexity index is 209. The van der Waals surface area contributed by atoms with Crippen LogP contribution in [0.4, 0.5) is 0 Å². The first kappa shape index (κ1) is 5.36. The monoisotopic (exact) mass is 136 g/mol. The van der Waals surface area contributed by atoms with E-state index in [-0.39, 0.29) is 0 Å². The predicted octanol–water partition coefficient (Wildman–Crippen LogP) is 2.50. The van der Waals surface area contributed by atoms with Gasteiger partial charge in [-0.1, -0.05) is 18.2 Å². The van der Waals surface area contributed by atoms with Crippen LogP contribution >= 0.6 is 11.8 Å². The van der Waals surface area contributed by atoms with Crippen LogP contribution in [0.25, 0.3) is 0 Å². The first-order valence-electron chi connectivity index (χ1n) is 3.16. The summed E-state index contributed by atoms with van der Waals surface area (Å²) in [5.41, 5.74) is 1.53. The number of rotatable bonds is 0. The van der Waals surface area contributed by atoms with Crippen LogP contribution < -0.4 is 0 Å². The van der Waals surface area contributed by atoms with Crippen molar-refractivity contribution in [1.29, 1.82) is 0 Å². The van der Waals surface area contributed by atoms with Crippen molar-refractivity contribution in [3.63, 3.8) is 0 Å². The van der Waals surface area contributed by atoms with Gasteiger partial charge in [0.2, 0.25) is 0 Å². The second kappa shape index (κ2) is 2.07. The molecule has 0 aromatic rings. The van der Waals surface area contributed by atoms with E-state index in [0.717, 1.165) is 6.42 Å². The van der Waals surface area contributed by atoms with Gasteiger partial charge in [0.1, 0.15) is 0 Å². The van der Waals surface area contributed by atoms with Gasteiger partial charge in [-0.15, -0.1) is 11.8 Å². The molecule has 0 unspecified atom stereocenters. The average Bonchev–Trinajstić information content (AvgIpc) is 2.33. The van der Waals surface area contributed by atoms with E-state index in [2.05, 4.69) is 24.3 Å². The SMILES string of the molecule is C1=CCC2=CCSC2=C1. The van der Waals surface area contributed by atoms with Crippen molar-refractivity contribution in [3.8, 4) is 0 Å². The molecular weight excluding hydrogens is 128 g/mol. The van der Waals surface area contributed by atoms with Gasteiger partial charge in [-0.2, -0.15) is 0 Å². The highest BCUT2D eigenvalue weighted by Gasteiger charge is 2.11. The van der Waals surface area contributed by atoms with Gasteiger partial charge in [-0.25, -0.2) is 0 Å². The van der Waals surface area contributed by atoms with E-state index in [1.165, 1.54) is 16.2 Å². The lowest BCUT2D eigenvalue weighted by atomic mass is 10.1. The van der Waals surface area contributed by atoms with Crippen molar-refractivity contribution in [1.82, 2.24) is 0 Å². The first-order valence-corrected chi connectivity index (χ1v) is 4.14. The van der Waals surface area contributed by atoms with Crippen LogP contribution in [0.3, 0.4) is 0 Å². The molecule has 0 fully saturated rings. The molecule has 9 heavy (non-hydrogen) atoms. The van der Waals surface area contributed by atoms with E-state index >= 15 is 0 Å². The van der Waals surface area contributed by atoms with Gasteiger partial charge < -0.3 is 0 Å². The molecule has 0 nitrogen and oxygen atoms in total. The molecule has 1 heterocycles. The summed E-state index contributed by atoms with van der Waals surface area (Å²) in [5.74, 6) is 1.18. The molecule has 0 aromatic heterocycles. The van der Waals surface area contributed by atoms with Crippen molar-refractivity contribution in [3.05, 3.63) is 34.8 Å². The minimum atomic E-state index is 1.15. The molecule has 0 spiro atoms. The van der Waals surface area contributed by atoms with E-state index in [4.69, 9.17) is 0 Å². The van der Waals surface area contributed by atoms with E-state index in [1.54, 1.807) is 0 Å². The fourth-order valence-electron chi connectivity index (χ4n) is 1.11. The fourth-order valence-corrected chi connectivity index (χ4v) is 2.11. The highest BCUT2D eigenvalue weighted by Crippen LogP contribution is 2.35. The van der Waals surface area contributed by atoms with E-state index in [9.17, 15) is 0 Å². The van der Waals surface area contributed by atoms with Crippen LogP contribution in [0.15, 0.2) is 34.8 Å². The molecule has 0 bridgehead atoms. The molecular formula is C8H8S. The minimum Gasteiger partial charge on any atom is -0.122 e. The third kappa shape index (κ3) is 0.855. The number of hydrogen-bond donors (Lipinski definition) is 0.